The van der Waals surface area contributed by atoms with Crippen molar-refractivity contribution in [2.75, 3.05) is 30.9 Å². The van der Waals surface area contributed by atoms with Crippen molar-refractivity contribution in [3.05, 3.63) is 17.6 Å². The average Bonchev–Trinajstić information content (AvgIpc) is 2.35. The van der Waals surface area contributed by atoms with Gasteiger partial charge in [0.1, 0.15) is 11.6 Å². The third-order valence-electron chi connectivity index (χ3n) is 3.14. The van der Waals surface area contributed by atoms with Gasteiger partial charge in [0.15, 0.2) is 0 Å². The first-order chi connectivity index (χ1) is 9.06. The summed E-state index contributed by atoms with van der Waals surface area (Å²) in [6.45, 7) is 8.04. The molecule has 0 spiro atoms. The predicted molar refractivity (Wildman–Crippen MR) is 84.9 cm³/mol. The minimum atomic E-state index is 0.555. The van der Waals surface area contributed by atoms with Crippen molar-refractivity contribution in [1.82, 2.24) is 14.9 Å². The molecule has 1 atom stereocenters. The molecule has 0 aliphatic heterocycles. The van der Waals surface area contributed by atoms with Crippen LogP contribution in [0.2, 0.25) is 0 Å². The second-order valence-electron chi connectivity index (χ2n) is 4.89. The van der Waals surface area contributed by atoms with Crippen molar-refractivity contribution >= 4 is 17.6 Å². The van der Waals surface area contributed by atoms with Crippen LogP contribution in [0.15, 0.2) is 6.07 Å². The van der Waals surface area contributed by atoms with E-state index in [2.05, 4.69) is 47.3 Å². The van der Waals surface area contributed by atoms with E-state index < -0.39 is 0 Å². The van der Waals surface area contributed by atoms with Crippen molar-refractivity contribution in [1.29, 1.82) is 0 Å². The number of hydrogen-bond donors (Lipinski definition) is 1. The summed E-state index contributed by atoms with van der Waals surface area (Å²) in [7, 11) is 2.14. The van der Waals surface area contributed by atoms with Crippen LogP contribution in [-0.2, 0) is 6.54 Å². The maximum Gasteiger partial charge on any atom is 0.144 e. The highest BCUT2D eigenvalue weighted by Gasteiger charge is 2.11. The number of nitrogens with zero attached hydrogens (tertiary/aromatic N) is 3. The molecule has 0 fully saturated rings. The van der Waals surface area contributed by atoms with Crippen LogP contribution in [0.4, 0.5) is 5.82 Å². The monoisotopic (exact) mass is 282 g/mol. The van der Waals surface area contributed by atoms with Gasteiger partial charge in [-0.3, -0.25) is 4.90 Å². The first kappa shape index (κ1) is 16.2. The predicted octanol–water partition coefficient (Wildman–Crippen LogP) is 2.79. The van der Waals surface area contributed by atoms with Gasteiger partial charge in [0.05, 0.1) is 6.54 Å². The van der Waals surface area contributed by atoms with Crippen LogP contribution in [-0.4, -0.2) is 46.5 Å². The van der Waals surface area contributed by atoms with Gasteiger partial charge in [0, 0.05) is 24.3 Å². The standard InChI is InChI=1S/C14H26N4S/c1-6-15-13-9-11(2)16-14(17-13)10-18(4)12(3)7-8-19-5/h9,12H,6-8,10H2,1-5H3,(H,15,16,17). The molecule has 108 valence electrons. The Morgan fingerprint density at radius 1 is 1.42 bits per heavy atom. The number of nitrogens with one attached hydrogen (secondary N) is 1. The summed E-state index contributed by atoms with van der Waals surface area (Å²) in [5.74, 6) is 3.02. The molecule has 4 nitrogen and oxygen atoms in total. The highest BCUT2D eigenvalue weighted by atomic mass is 32.2. The Balaban J connectivity index is 2.64. The molecule has 0 aromatic carbocycles. The molecule has 1 rings (SSSR count). The SMILES string of the molecule is CCNc1cc(C)nc(CN(C)C(C)CCSC)n1. The Hall–Kier alpha value is -0.810. The molecule has 1 unspecified atom stereocenters. The molecule has 0 radical (unpaired) electrons. The largest absolute Gasteiger partial charge is 0.370 e. The summed E-state index contributed by atoms with van der Waals surface area (Å²) >= 11 is 1.90. The van der Waals surface area contributed by atoms with E-state index in [0.29, 0.717) is 6.04 Å². The summed E-state index contributed by atoms with van der Waals surface area (Å²) in [5.41, 5.74) is 1.02. The second-order valence-corrected chi connectivity index (χ2v) is 5.87. The second kappa shape index (κ2) is 8.38. The van der Waals surface area contributed by atoms with Gasteiger partial charge in [0.25, 0.3) is 0 Å². The number of anilines is 1. The molecule has 5 heteroatoms. The Bertz CT molecular complexity index is 384. The summed E-state index contributed by atoms with van der Waals surface area (Å²) < 4.78 is 0. The Labute approximate surface area is 121 Å². The number of thioether (sulfide) groups is 1. The first-order valence-corrected chi connectivity index (χ1v) is 8.23. The van der Waals surface area contributed by atoms with Crippen molar-refractivity contribution in [3.8, 4) is 0 Å². The number of hydrogen-bond acceptors (Lipinski definition) is 5. The normalized spacial score (nSPS) is 12.7. The molecule has 1 aromatic rings. The Morgan fingerprint density at radius 3 is 2.79 bits per heavy atom. The van der Waals surface area contributed by atoms with Crippen LogP contribution < -0.4 is 5.32 Å². The molecule has 1 N–H and O–H groups in total. The van der Waals surface area contributed by atoms with Gasteiger partial charge in [-0.25, -0.2) is 9.97 Å². The third-order valence-corrected chi connectivity index (χ3v) is 3.79. The minimum absolute atomic E-state index is 0.555. The third kappa shape index (κ3) is 5.78. The van der Waals surface area contributed by atoms with E-state index in [1.54, 1.807) is 0 Å². The lowest BCUT2D eigenvalue weighted by Gasteiger charge is -2.24. The van der Waals surface area contributed by atoms with Gasteiger partial charge < -0.3 is 5.32 Å². The highest BCUT2D eigenvalue weighted by molar-refractivity contribution is 7.98. The van der Waals surface area contributed by atoms with Gasteiger partial charge >= 0.3 is 0 Å². The van der Waals surface area contributed by atoms with Crippen molar-refractivity contribution in [3.63, 3.8) is 0 Å². The van der Waals surface area contributed by atoms with Gasteiger partial charge in [-0.2, -0.15) is 11.8 Å². The van der Waals surface area contributed by atoms with Gasteiger partial charge in [-0.1, -0.05) is 0 Å². The van der Waals surface area contributed by atoms with E-state index >= 15 is 0 Å². The van der Waals surface area contributed by atoms with Crippen LogP contribution in [0.25, 0.3) is 0 Å². The molecule has 0 saturated carbocycles. The molecule has 1 heterocycles. The van der Waals surface area contributed by atoms with Crippen LogP contribution in [0.1, 0.15) is 31.8 Å². The summed E-state index contributed by atoms with van der Waals surface area (Å²) in [6, 6.07) is 2.54. The van der Waals surface area contributed by atoms with Crippen molar-refractivity contribution < 1.29 is 0 Å². The van der Waals surface area contributed by atoms with Crippen LogP contribution in [0.5, 0.6) is 0 Å². The Kier molecular flexibility index (Phi) is 7.16. The zero-order valence-electron chi connectivity index (χ0n) is 12.7. The molecule has 0 amide bonds. The molecule has 0 saturated heterocycles. The van der Waals surface area contributed by atoms with E-state index in [1.165, 1.54) is 12.2 Å². The lowest BCUT2D eigenvalue weighted by molar-refractivity contribution is 0.239. The van der Waals surface area contributed by atoms with Gasteiger partial charge in [0.2, 0.25) is 0 Å². The summed E-state index contributed by atoms with van der Waals surface area (Å²) in [6.07, 6.45) is 3.35. The average molecular weight is 282 g/mol. The number of aryl methyl sites for hydroxylation is 1. The number of aromatic nitrogens is 2. The molecular weight excluding hydrogens is 256 g/mol. The lowest BCUT2D eigenvalue weighted by Crippen LogP contribution is -2.30. The topological polar surface area (TPSA) is 41.1 Å². The van der Waals surface area contributed by atoms with Crippen LogP contribution in [0.3, 0.4) is 0 Å². The maximum atomic E-state index is 4.56. The highest BCUT2D eigenvalue weighted by Crippen LogP contribution is 2.11. The van der Waals surface area contributed by atoms with Gasteiger partial charge in [-0.15, -0.1) is 0 Å². The molecule has 0 bridgehead atoms. The zero-order valence-corrected chi connectivity index (χ0v) is 13.5. The fraction of sp³-hybridized carbons (Fsp3) is 0.714. The van der Waals surface area contributed by atoms with E-state index in [9.17, 15) is 0 Å². The first-order valence-electron chi connectivity index (χ1n) is 6.84. The molecule has 19 heavy (non-hydrogen) atoms. The minimum Gasteiger partial charge on any atom is -0.370 e. The molecule has 1 aromatic heterocycles. The molecular formula is C14H26N4S. The van der Waals surface area contributed by atoms with Gasteiger partial charge in [-0.05, 0) is 46.2 Å². The number of rotatable bonds is 8. The quantitative estimate of drug-likeness (QED) is 0.794. The Morgan fingerprint density at radius 2 is 2.16 bits per heavy atom. The van der Waals surface area contributed by atoms with E-state index in [4.69, 9.17) is 0 Å². The van der Waals surface area contributed by atoms with E-state index in [1.807, 2.05) is 24.8 Å². The van der Waals surface area contributed by atoms with Crippen molar-refractivity contribution in [2.24, 2.45) is 0 Å². The molecule has 0 aliphatic carbocycles. The zero-order chi connectivity index (χ0) is 14.3. The maximum absolute atomic E-state index is 4.56. The lowest BCUT2D eigenvalue weighted by atomic mass is 10.2. The summed E-state index contributed by atoms with van der Waals surface area (Å²) in [5, 5.41) is 3.25. The van der Waals surface area contributed by atoms with E-state index in [0.717, 1.165) is 30.4 Å². The van der Waals surface area contributed by atoms with Crippen LogP contribution in [0, 0.1) is 6.92 Å². The fourth-order valence-electron chi connectivity index (χ4n) is 1.86. The van der Waals surface area contributed by atoms with E-state index in [-0.39, 0.29) is 0 Å². The summed E-state index contributed by atoms with van der Waals surface area (Å²) in [4.78, 5) is 11.4. The smallest absolute Gasteiger partial charge is 0.144 e. The molecule has 0 aliphatic rings. The fourth-order valence-corrected chi connectivity index (χ4v) is 2.44. The van der Waals surface area contributed by atoms with Crippen molar-refractivity contribution in [2.45, 2.75) is 39.8 Å². The van der Waals surface area contributed by atoms with Crippen LogP contribution >= 0.6 is 11.8 Å².